The number of ether oxygens (including phenoxy) is 2. The molecule has 226 valence electrons. The number of amides is 2. The average molecular weight is 573 g/mol. The number of nitrogens with zero attached hydrogens (tertiary/aromatic N) is 2. The van der Waals surface area contributed by atoms with Gasteiger partial charge < -0.3 is 24.2 Å². The van der Waals surface area contributed by atoms with E-state index < -0.39 is 43.9 Å². The molecule has 1 aliphatic heterocycles. The van der Waals surface area contributed by atoms with Crippen molar-refractivity contribution in [1.29, 1.82) is 0 Å². The summed E-state index contributed by atoms with van der Waals surface area (Å²) in [6.45, 7) is 24.9. The Hall–Kier alpha value is -2.18. The lowest BCUT2D eigenvalue weighted by Gasteiger charge is -2.43. The Bertz CT molecular complexity index is 864. The number of rotatable bonds is 8. The van der Waals surface area contributed by atoms with E-state index in [1.54, 1.807) is 41.5 Å². The number of aliphatic hydroxyl groups is 1. The quantitative estimate of drug-likeness (QED) is 0.121. The minimum Gasteiger partial charge on any atom is -0.624 e. The van der Waals surface area contributed by atoms with Crippen LogP contribution >= 0.6 is 0 Å². The lowest BCUT2D eigenvalue weighted by molar-refractivity contribution is -0.457. The van der Waals surface area contributed by atoms with E-state index in [0.717, 1.165) is 4.74 Å². The normalized spacial score (nSPS) is 18.3. The molecule has 0 saturated carbocycles. The van der Waals surface area contributed by atoms with Crippen LogP contribution in [0.1, 0.15) is 96.4 Å². The van der Waals surface area contributed by atoms with Gasteiger partial charge in [0.1, 0.15) is 17.3 Å². The van der Waals surface area contributed by atoms with E-state index in [-0.39, 0.29) is 25.0 Å². The highest BCUT2D eigenvalue weighted by atomic mass is 28.4. The van der Waals surface area contributed by atoms with Gasteiger partial charge in [-0.1, -0.05) is 41.5 Å². The fraction of sp³-hybridized carbons (Fsp3) is 0.852. The molecule has 0 bridgehead atoms. The summed E-state index contributed by atoms with van der Waals surface area (Å²) in [5.41, 5.74) is -0.273. The van der Waals surface area contributed by atoms with Gasteiger partial charge in [0, 0.05) is 0 Å². The Morgan fingerprint density at radius 2 is 1.33 bits per heavy atom. The second-order valence-electron chi connectivity index (χ2n) is 13.2. The van der Waals surface area contributed by atoms with Gasteiger partial charge in [-0.3, -0.25) is 10.6 Å². The Morgan fingerprint density at radius 3 is 1.67 bits per heavy atom. The molecule has 1 aliphatic rings. The highest BCUT2D eigenvalue weighted by molar-refractivity contribution is 6.77. The predicted octanol–water partition coefficient (Wildman–Crippen LogP) is 5.06. The molecule has 2 amide bonds. The minimum absolute atomic E-state index is 0.114. The van der Waals surface area contributed by atoms with Gasteiger partial charge in [0.2, 0.25) is 14.3 Å². The van der Waals surface area contributed by atoms with Gasteiger partial charge in [-0.25, -0.2) is 19.3 Å². The van der Waals surface area contributed by atoms with E-state index in [2.05, 4.69) is 57.2 Å². The van der Waals surface area contributed by atoms with Crippen molar-refractivity contribution >= 4 is 32.2 Å². The third-order valence-electron chi connectivity index (χ3n) is 6.51. The van der Waals surface area contributed by atoms with E-state index in [4.69, 9.17) is 13.9 Å². The molecule has 1 rings (SSSR count). The summed E-state index contributed by atoms with van der Waals surface area (Å²) in [6, 6.07) is -1.05. The Morgan fingerprint density at radius 1 is 0.923 bits per heavy atom. The van der Waals surface area contributed by atoms with Crippen LogP contribution in [0.25, 0.3) is 0 Å². The Balaban J connectivity index is 3.34. The van der Waals surface area contributed by atoms with E-state index in [1.807, 2.05) is 0 Å². The first-order valence-corrected chi connectivity index (χ1v) is 16.0. The van der Waals surface area contributed by atoms with Crippen LogP contribution in [0.2, 0.25) is 16.6 Å². The molecular formula is C27H52N4O7Si. The number of guanidine groups is 1. The molecule has 3 N–H and O–H groups in total. The summed E-state index contributed by atoms with van der Waals surface area (Å²) < 4.78 is 18.2. The Kier molecular flexibility index (Phi) is 12.0. The van der Waals surface area contributed by atoms with Crippen LogP contribution in [0, 0.1) is 5.21 Å². The van der Waals surface area contributed by atoms with Crippen molar-refractivity contribution in [3.05, 3.63) is 5.21 Å². The molecule has 0 aromatic heterocycles. The van der Waals surface area contributed by atoms with Gasteiger partial charge in [-0.15, -0.1) is 0 Å². The first-order valence-electron chi connectivity index (χ1n) is 13.8. The SMILES string of the molecule is CC(C)[Si](O[C@@H]1CC([C@H](N=C(NC(=O)OC(C)(C)C)NC(=O)OC(C)(C)C)[C@H](C)O)=[N+]([O-])C1)(C(C)C)C(C)C. The van der Waals surface area contributed by atoms with E-state index in [1.165, 1.54) is 6.92 Å². The monoisotopic (exact) mass is 572 g/mol. The molecule has 0 aromatic carbocycles. The summed E-state index contributed by atoms with van der Waals surface area (Å²) in [7, 11) is -2.26. The van der Waals surface area contributed by atoms with Gasteiger partial charge in [-0.2, -0.15) is 0 Å². The molecular weight excluding hydrogens is 520 g/mol. The molecule has 39 heavy (non-hydrogen) atoms. The molecule has 0 radical (unpaired) electrons. The molecule has 0 fully saturated rings. The summed E-state index contributed by atoms with van der Waals surface area (Å²) in [5.74, 6) is -0.301. The predicted molar refractivity (Wildman–Crippen MR) is 156 cm³/mol. The number of hydroxylamine groups is 1. The third kappa shape index (κ3) is 10.4. The standard InChI is InChI=1S/C27H52N4O7Si/c1-16(2)39(17(3)4,18(5)6)38-20-14-21(31(35)15-20)22(19(7)32)28-23(29-24(33)36-26(8,9)10)30-25(34)37-27(11,12)13/h16-20,22,32H,14-15H2,1-13H3,(H2,28,29,30,33,34)/t19-,20+,22+/m0/s1. The van der Waals surface area contributed by atoms with Gasteiger partial charge >= 0.3 is 12.2 Å². The van der Waals surface area contributed by atoms with Crippen LogP contribution in [-0.4, -0.2) is 78.0 Å². The summed E-state index contributed by atoms with van der Waals surface area (Å²) in [6.07, 6.45) is -2.91. The van der Waals surface area contributed by atoms with Gasteiger partial charge in [0.15, 0.2) is 18.3 Å². The van der Waals surface area contributed by atoms with Gasteiger partial charge in [0.25, 0.3) is 0 Å². The van der Waals surface area contributed by atoms with Crippen molar-refractivity contribution in [2.24, 2.45) is 4.99 Å². The van der Waals surface area contributed by atoms with Crippen LogP contribution in [0.3, 0.4) is 0 Å². The zero-order chi connectivity index (χ0) is 30.5. The van der Waals surface area contributed by atoms with Crippen molar-refractivity contribution in [1.82, 2.24) is 10.6 Å². The Labute approximate surface area is 235 Å². The molecule has 0 aliphatic carbocycles. The molecule has 0 unspecified atom stereocenters. The molecule has 0 saturated heterocycles. The first-order chi connectivity index (χ1) is 17.6. The van der Waals surface area contributed by atoms with Crippen LogP contribution in [0.5, 0.6) is 0 Å². The fourth-order valence-corrected chi connectivity index (χ4v) is 10.8. The maximum absolute atomic E-state index is 13.1. The smallest absolute Gasteiger partial charge is 0.414 e. The van der Waals surface area contributed by atoms with Gasteiger partial charge in [0.05, 0.1) is 12.5 Å². The third-order valence-corrected chi connectivity index (χ3v) is 12.7. The number of carbonyl (C=O) groups is 2. The van der Waals surface area contributed by atoms with Crippen molar-refractivity contribution in [3.63, 3.8) is 0 Å². The number of hydrogen-bond acceptors (Lipinski definition) is 8. The van der Waals surface area contributed by atoms with E-state index in [0.29, 0.717) is 22.3 Å². The molecule has 0 aromatic rings. The number of aliphatic imine (C=N–C) groups is 1. The lowest BCUT2D eigenvalue weighted by Crippen LogP contribution is -2.50. The molecule has 12 heteroatoms. The molecule has 1 heterocycles. The highest BCUT2D eigenvalue weighted by Crippen LogP contribution is 2.43. The van der Waals surface area contributed by atoms with Crippen molar-refractivity contribution in [3.8, 4) is 0 Å². The zero-order valence-corrected chi connectivity index (χ0v) is 27.2. The number of alkyl carbamates (subject to hydrolysis) is 2. The van der Waals surface area contributed by atoms with E-state index in [9.17, 15) is 19.9 Å². The van der Waals surface area contributed by atoms with Crippen molar-refractivity contribution in [2.75, 3.05) is 6.54 Å². The molecule has 3 atom stereocenters. The zero-order valence-electron chi connectivity index (χ0n) is 26.2. The lowest BCUT2D eigenvalue weighted by atomic mass is 10.0. The van der Waals surface area contributed by atoms with Crippen LogP contribution in [0.15, 0.2) is 4.99 Å². The van der Waals surface area contributed by atoms with Crippen molar-refractivity contribution in [2.45, 2.75) is 143 Å². The number of nitrogens with one attached hydrogen (secondary N) is 2. The van der Waals surface area contributed by atoms with Crippen LogP contribution in [0.4, 0.5) is 9.59 Å². The highest BCUT2D eigenvalue weighted by Gasteiger charge is 2.49. The second kappa shape index (κ2) is 13.4. The minimum atomic E-state index is -2.26. The summed E-state index contributed by atoms with van der Waals surface area (Å²) in [5, 5.41) is 28.6. The summed E-state index contributed by atoms with van der Waals surface area (Å²) in [4.78, 5) is 29.4. The largest absolute Gasteiger partial charge is 0.624 e. The first kappa shape index (κ1) is 34.8. The molecule has 11 nitrogen and oxygen atoms in total. The average Bonchev–Trinajstić information content (AvgIpc) is 3.05. The molecule has 0 spiro atoms. The van der Waals surface area contributed by atoms with Crippen LogP contribution in [-0.2, 0) is 13.9 Å². The van der Waals surface area contributed by atoms with Gasteiger partial charge in [-0.05, 0) is 65.1 Å². The second-order valence-corrected chi connectivity index (χ2v) is 18.6. The van der Waals surface area contributed by atoms with E-state index >= 15 is 0 Å². The number of carbonyl (C=O) groups excluding carboxylic acids is 2. The van der Waals surface area contributed by atoms with Crippen molar-refractivity contribution < 1.29 is 33.3 Å². The number of aliphatic hydroxyl groups excluding tert-OH is 1. The maximum Gasteiger partial charge on any atom is 0.414 e. The summed E-state index contributed by atoms with van der Waals surface area (Å²) >= 11 is 0. The fourth-order valence-electron chi connectivity index (χ4n) is 5.24. The maximum atomic E-state index is 13.1. The topological polar surface area (TPSA) is 145 Å². The number of hydrogen-bond donors (Lipinski definition) is 3. The van der Waals surface area contributed by atoms with Crippen LogP contribution < -0.4 is 10.6 Å².